The van der Waals surface area contributed by atoms with Gasteiger partial charge in [0.05, 0.1) is 5.92 Å². The van der Waals surface area contributed by atoms with Crippen LogP contribution < -0.4 is 5.32 Å². The van der Waals surface area contributed by atoms with Crippen LogP contribution in [-0.2, 0) is 9.59 Å². The van der Waals surface area contributed by atoms with Crippen LogP contribution in [0, 0.1) is 5.92 Å². The monoisotopic (exact) mass is 141 g/mol. The van der Waals surface area contributed by atoms with Crippen LogP contribution in [0.2, 0.25) is 0 Å². The van der Waals surface area contributed by atoms with Crippen LogP contribution in [0.15, 0.2) is 0 Å². The highest BCUT2D eigenvalue weighted by Gasteiger charge is 2.34. The van der Waals surface area contributed by atoms with E-state index in [0.29, 0.717) is 12.8 Å². The van der Waals surface area contributed by atoms with Gasteiger partial charge in [0.2, 0.25) is 5.91 Å². The van der Waals surface area contributed by atoms with Crippen LogP contribution in [0.3, 0.4) is 0 Å². The average molecular weight is 141 g/mol. The Morgan fingerprint density at radius 3 is 2.80 bits per heavy atom. The molecule has 56 valence electrons. The smallest absolute Gasteiger partial charge is 0.225 e. The molecule has 0 bridgehead atoms. The second-order valence-electron chi connectivity index (χ2n) is 2.65. The lowest BCUT2D eigenvalue weighted by molar-refractivity contribution is -0.134. The Morgan fingerprint density at radius 1 is 1.70 bits per heavy atom. The van der Waals surface area contributed by atoms with Gasteiger partial charge in [-0.3, -0.25) is 4.79 Å². The summed E-state index contributed by atoms with van der Waals surface area (Å²) in [4.78, 5) is 20.7. The summed E-state index contributed by atoms with van der Waals surface area (Å²) in [5, 5.41) is 2.71. The van der Waals surface area contributed by atoms with Gasteiger partial charge in [-0.2, -0.15) is 0 Å². The molecule has 1 heterocycles. The molecule has 0 saturated carbocycles. The first kappa shape index (κ1) is 7.25. The van der Waals surface area contributed by atoms with E-state index >= 15 is 0 Å². The second-order valence-corrected chi connectivity index (χ2v) is 2.65. The molecule has 2 atom stereocenters. The van der Waals surface area contributed by atoms with Crippen molar-refractivity contribution in [2.45, 2.75) is 25.8 Å². The van der Waals surface area contributed by atoms with E-state index in [1.54, 1.807) is 0 Å². The lowest BCUT2D eigenvalue weighted by Gasteiger charge is -2.33. The van der Waals surface area contributed by atoms with E-state index in [-0.39, 0.29) is 17.9 Å². The van der Waals surface area contributed by atoms with Gasteiger partial charge in [0.25, 0.3) is 0 Å². The van der Waals surface area contributed by atoms with E-state index in [4.69, 9.17) is 0 Å². The van der Waals surface area contributed by atoms with Crippen molar-refractivity contribution in [3.8, 4) is 0 Å². The molecule has 0 aromatic carbocycles. The molecular weight excluding hydrogens is 130 g/mol. The van der Waals surface area contributed by atoms with Gasteiger partial charge in [-0.05, 0) is 13.3 Å². The quantitative estimate of drug-likeness (QED) is 0.447. The zero-order valence-corrected chi connectivity index (χ0v) is 5.96. The van der Waals surface area contributed by atoms with Gasteiger partial charge in [-0.1, -0.05) is 0 Å². The van der Waals surface area contributed by atoms with Gasteiger partial charge in [0, 0.05) is 12.5 Å². The fourth-order valence-corrected chi connectivity index (χ4v) is 1.19. The van der Waals surface area contributed by atoms with Crippen molar-refractivity contribution in [1.29, 1.82) is 0 Å². The summed E-state index contributed by atoms with van der Waals surface area (Å²) in [7, 11) is 0. The molecule has 1 aliphatic rings. The van der Waals surface area contributed by atoms with Crippen LogP contribution >= 0.6 is 0 Å². The minimum absolute atomic E-state index is 0.0881. The van der Waals surface area contributed by atoms with Crippen molar-refractivity contribution < 1.29 is 9.59 Å². The summed E-state index contributed by atoms with van der Waals surface area (Å²) in [6.07, 6.45) is 2.07. The Bertz CT molecular complexity index is 156. The van der Waals surface area contributed by atoms with Crippen LogP contribution in [0.4, 0.5) is 0 Å². The van der Waals surface area contributed by atoms with Crippen molar-refractivity contribution in [3.63, 3.8) is 0 Å². The lowest BCUT2D eigenvalue weighted by atomic mass is 9.88. The second kappa shape index (κ2) is 2.82. The molecule has 0 spiro atoms. The zero-order chi connectivity index (χ0) is 7.56. The first-order valence-corrected chi connectivity index (χ1v) is 3.49. The molecule has 0 aliphatic carbocycles. The molecule has 1 aliphatic heterocycles. The molecular formula is C7H11NO2. The number of hydrogen-bond donors (Lipinski definition) is 1. The Morgan fingerprint density at radius 2 is 2.40 bits per heavy atom. The third kappa shape index (κ3) is 1.17. The van der Waals surface area contributed by atoms with Crippen LogP contribution in [-0.4, -0.2) is 18.2 Å². The third-order valence-electron chi connectivity index (χ3n) is 1.91. The number of hydrogen-bond acceptors (Lipinski definition) is 2. The van der Waals surface area contributed by atoms with Crippen LogP contribution in [0.25, 0.3) is 0 Å². The maximum atomic E-state index is 10.7. The summed E-state index contributed by atoms with van der Waals surface area (Å²) in [6, 6.07) is 0.271. The summed E-state index contributed by atoms with van der Waals surface area (Å²) in [6.45, 7) is 1.96. The number of aldehydes is 1. The van der Waals surface area contributed by atoms with Gasteiger partial charge in [0.1, 0.15) is 6.29 Å². The first-order chi connectivity index (χ1) is 4.75. The van der Waals surface area contributed by atoms with Crippen molar-refractivity contribution in [2.75, 3.05) is 0 Å². The molecule has 1 saturated heterocycles. The summed E-state index contributed by atoms with van der Waals surface area (Å²) >= 11 is 0. The van der Waals surface area contributed by atoms with Gasteiger partial charge in [-0.15, -0.1) is 0 Å². The fraction of sp³-hybridized carbons (Fsp3) is 0.714. The van der Waals surface area contributed by atoms with E-state index in [2.05, 4.69) is 5.32 Å². The number of carbonyl (C=O) groups excluding carboxylic acids is 2. The Labute approximate surface area is 59.8 Å². The van der Waals surface area contributed by atoms with Crippen molar-refractivity contribution >= 4 is 12.2 Å². The van der Waals surface area contributed by atoms with Crippen molar-refractivity contribution in [3.05, 3.63) is 0 Å². The number of carbonyl (C=O) groups is 2. The number of rotatable bonds is 3. The first-order valence-electron chi connectivity index (χ1n) is 3.49. The normalized spacial score (nSPS) is 30.7. The van der Waals surface area contributed by atoms with E-state index in [1.807, 2.05) is 6.92 Å². The Kier molecular flexibility index (Phi) is 2.04. The van der Waals surface area contributed by atoms with Gasteiger partial charge < -0.3 is 10.1 Å². The molecule has 0 aromatic heterocycles. The summed E-state index contributed by atoms with van der Waals surface area (Å²) < 4.78 is 0. The highest BCUT2D eigenvalue weighted by atomic mass is 16.2. The number of amides is 1. The molecule has 3 nitrogen and oxygen atoms in total. The predicted octanol–water partition coefficient (Wildman–Crippen LogP) is 0.100. The topological polar surface area (TPSA) is 46.2 Å². The molecule has 1 fully saturated rings. The third-order valence-corrected chi connectivity index (χ3v) is 1.91. The molecule has 0 aromatic rings. The van der Waals surface area contributed by atoms with Crippen LogP contribution in [0.5, 0.6) is 0 Å². The van der Waals surface area contributed by atoms with Crippen molar-refractivity contribution in [1.82, 2.24) is 5.32 Å². The molecule has 0 radical (unpaired) electrons. The van der Waals surface area contributed by atoms with E-state index in [0.717, 1.165) is 6.29 Å². The molecule has 0 unspecified atom stereocenters. The lowest BCUT2D eigenvalue weighted by Crippen LogP contribution is -2.56. The summed E-state index contributed by atoms with van der Waals surface area (Å²) in [5.41, 5.74) is 0. The predicted molar refractivity (Wildman–Crippen MR) is 36.4 cm³/mol. The van der Waals surface area contributed by atoms with E-state index in [1.165, 1.54) is 0 Å². The summed E-state index contributed by atoms with van der Waals surface area (Å²) in [5.74, 6) is 0.180. The standard InChI is InChI=1S/C7H11NO2/c1-5-6(3-2-4-9)7(10)8-5/h4-6H,2-3H2,1H3,(H,8,10)/t5-,6-/m0/s1. The average Bonchev–Trinajstić information content (AvgIpc) is 1.89. The fourth-order valence-electron chi connectivity index (χ4n) is 1.19. The zero-order valence-electron chi connectivity index (χ0n) is 5.96. The van der Waals surface area contributed by atoms with E-state index in [9.17, 15) is 9.59 Å². The highest BCUT2D eigenvalue weighted by Crippen LogP contribution is 2.18. The van der Waals surface area contributed by atoms with Gasteiger partial charge in [-0.25, -0.2) is 0 Å². The number of β-lactam (4-membered cyclic amide) rings is 1. The molecule has 1 amide bonds. The largest absolute Gasteiger partial charge is 0.353 e. The SMILES string of the molecule is C[C@@H]1NC(=O)[C@H]1CCC=O. The highest BCUT2D eigenvalue weighted by molar-refractivity contribution is 5.85. The van der Waals surface area contributed by atoms with Crippen molar-refractivity contribution in [2.24, 2.45) is 5.92 Å². The molecule has 3 heteroatoms. The maximum absolute atomic E-state index is 10.7. The van der Waals surface area contributed by atoms with Crippen LogP contribution in [0.1, 0.15) is 19.8 Å². The minimum Gasteiger partial charge on any atom is -0.353 e. The molecule has 1 rings (SSSR count). The maximum Gasteiger partial charge on any atom is 0.225 e. The number of nitrogens with one attached hydrogen (secondary N) is 1. The Hall–Kier alpha value is -0.860. The molecule has 10 heavy (non-hydrogen) atoms. The molecule has 1 N–H and O–H groups in total. The van der Waals surface area contributed by atoms with Gasteiger partial charge >= 0.3 is 0 Å². The van der Waals surface area contributed by atoms with Gasteiger partial charge in [0.15, 0.2) is 0 Å². The minimum atomic E-state index is 0.0881. The Balaban J connectivity index is 2.26. The van der Waals surface area contributed by atoms with E-state index < -0.39 is 0 Å².